The van der Waals surface area contributed by atoms with Crippen LogP contribution in [-0.4, -0.2) is 21.8 Å². The molecule has 1 rings (SSSR count). The highest BCUT2D eigenvalue weighted by atomic mass is 28.4. The minimum absolute atomic E-state index is 0.242. The average Bonchev–Trinajstić information content (AvgIpc) is 2.48. The molecule has 0 aliphatic rings. The number of rotatable bonds is 11. The lowest BCUT2D eigenvalue weighted by Gasteiger charge is -2.25. The van der Waals surface area contributed by atoms with Crippen LogP contribution in [0, 0.1) is 17.5 Å². The van der Waals surface area contributed by atoms with Crippen LogP contribution in [0.4, 0.5) is 13.2 Å². The van der Waals surface area contributed by atoms with Crippen molar-refractivity contribution in [2.75, 3.05) is 13.2 Å². The highest BCUT2D eigenvalue weighted by molar-refractivity contribution is 6.66. The number of benzene rings is 1. The molecule has 0 saturated carbocycles. The lowest BCUT2D eigenvalue weighted by Crippen LogP contribution is -2.38. The zero-order chi connectivity index (χ0) is 17.3. The summed E-state index contributed by atoms with van der Waals surface area (Å²) in [6, 6.07) is 2.51. The fourth-order valence-corrected chi connectivity index (χ4v) is 5.15. The van der Waals surface area contributed by atoms with Gasteiger partial charge in [0.05, 0.1) is 0 Å². The molecule has 23 heavy (non-hydrogen) atoms. The van der Waals surface area contributed by atoms with Gasteiger partial charge in [0, 0.05) is 19.3 Å². The summed E-state index contributed by atoms with van der Waals surface area (Å²) in [5.74, 6) is -2.80. The van der Waals surface area contributed by atoms with E-state index in [2.05, 4.69) is 6.55 Å². The molecule has 0 saturated heterocycles. The molecule has 0 fully saturated rings. The molecule has 0 heterocycles. The molecule has 0 aromatic heterocycles. The molecule has 2 nitrogen and oxygen atoms in total. The maximum Gasteiger partial charge on any atom is 0.334 e. The van der Waals surface area contributed by atoms with Gasteiger partial charge in [-0.15, -0.1) is 0 Å². The zero-order valence-corrected chi connectivity index (χ0v) is 15.3. The first-order valence-electron chi connectivity index (χ1n) is 8.33. The van der Waals surface area contributed by atoms with E-state index in [1.54, 1.807) is 0 Å². The van der Waals surface area contributed by atoms with Crippen molar-refractivity contribution in [2.45, 2.75) is 58.5 Å². The summed E-state index contributed by atoms with van der Waals surface area (Å²) in [6.07, 6.45) is 4.09. The van der Waals surface area contributed by atoms with Gasteiger partial charge in [-0.25, -0.2) is 13.2 Å². The van der Waals surface area contributed by atoms with Crippen molar-refractivity contribution in [3.05, 3.63) is 35.1 Å². The van der Waals surface area contributed by atoms with Crippen molar-refractivity contribution in [3.63, 3.8) is 0 Å². The van der Waals surface area contributed by atoms with E-state index in [1.807, 2.05) is 13.8 Å². The average molecular weight is 348 g/mol. The van der Waals surface area contributed by atoms with Gasteiger partial charge in [0.2, 0.25) is 0 Å². The Bertz CT molecular complexity index is 477. The summed E-state index contributed by atoms with van der Waals surface area (Å²) in [6.45, 7) is 7.36. The number of hydrogen-bond donors (Lipinski definition) is 0. The monoisotopic (exact) mass is 348 g/mol. The van der Waals surface area contributed by atoms with E-state index >= 15 is 0 Å². The molecule has 0 aliphatic heterocycles. The third-order valence-corrected chi connectivity index (χ3v) is 6.88. The lowest BCUT2D eigenvalue weighted by molar-refractivity contribution is 0.188. The summed E-state index contributed by atoms with van der Waals surface area (Å²) in [5.41, 5.74) is 0.242. The molecule has 0 aliphatic carbocycles. The zero-order valence-electron chi connectivity index (χ0n) is 14.3. The predicted octanol–water partition coefficient (Wildman–Crippen LogP) is 5.35. The van der Waals surface area contributed by atoms with Crippen LogP contribution in [0.3, 0.4) is 0 Å². The van der Waals surface area contributed by atoms with Crippen LogP contribution in [0.2, 0.25) is 12.6 Å². The van der Waals surface area contributed by atoms with Crippen molar-refractivity contribution >= 4 is 8.56 Å². The Morgan fingerprint density at radius 2 is 1.39 bits per heavy atom. The molecular formula is C17H27F3O2Si. The first-order chi connectivity index (χ1) is 10.9. The van der Waals surface area contributed by atoms with Gasteiger partial charge in [-0.05, 0) is 50.9 Å². The first-order valence-corrected chi connectivity index (χ1v) is 10.9. The highest BCUT2D eigenvalue weighted by Gasteiger charge is 2.29. The molecule has 6 heteroatoms. The van der Waals surface area contributed by atoms with Crippen LogP contribution in [0.25, 0.3) is 0 Å². The number of halogens is 3. The fraction of sp³-hybridized carbons (Fsp3) is 0.647. The van der Waals surface area contributed by atoms with E-state index in [1.165, 1.54) is 0 Å². The van der Waals surface area contributed by atoms with Crippen LogP contribution in [-0.2, 0) is 15.3 Å². The van der Waals surface area contributed by atoms with E-state index in [-0.39, 0.29) is 5.56 Å². The van der Waals surface area contributed by atoms with Gasteiger partial charge in [0.15, 0.2) is 11.6 Å². The maximum absolute atomic E-state index is 13.5. The minimum Gasteiger partial charge on any atom is -0.395 e. The number of aryl methyl sites for hydroxylation is 1. The van der Waals surface area contributed by atoms with Gasteiger partial charge < -0.3 is 8.85 Å². The van der Waals surface area contributed by atoms with Crippen molar-refractivity contribution in [1.82, 2.24) is 0 Å². The van der Waals surface area contributed by atoms with Gasteiger partial charge in [0.25, 0.3) is 0 Å². The van der Waals surface area contributed by atoms with E-state index in [0.717, 1.165) is 37.8 Å². The summed E-state index contributed by atoms with van der Waals surface area (Å²) in [4.78, 5) is 0. The Morgan fingerprint density at radius 3 is 2.00 bits per heavy atom. The van der Waals surface area contributed by atoms with Crippen molar-refractivity contribution in [3.8, 4) is 0 Å². The van der Waals surface area contributed by atoms with E-state index < -0.39 is 26.0 Å². The number of hydrogen-bond acceptors (Lipinski definition) is 2. The van der Waals surface area contributed by atoms with Crippen LogP contribution >= 0.6 is 0 Å². The van der Waals surface area contributed by atoms with Crippen molar-refractivity contribution in [1.29, 1.82) is 0 Å². The van der Waals surface area contributed by atoms with Crippen LogP contribution in [0.1, 0.15) is 45.1 Å². The summed E-state index contributed by atoms with van der Waals surface area (Å²) in [5, 5.41) is 0. The topological polar surface area (TPSA) is 18.5 Å². The standard InChI is InChI=1S/C17H27F3O2Si/c1-4-21-23(3,22-5-2)11-9-7-6-8-10-14-12-16(19)17(20)13-15(14)18/h12-13H,4-11H2,1-3H3. The van der Waals surface area contributed by atoms with Crippen molar-refractivity contribution in [2.24, 2.45) is 0 Å². The Balaban J connectivity index is 2.29. The van der Waals surface area contributed by atoms with Crippen LogP contribution in [0.5, 0.6) is 0 Å². The van der Waals surface area contributed by atoms with E-state index in [0.29, 0.717) is 25.7 Å². The second kappa shape index (κ2) is 10.1. The normalized spacial score (nSPS) is 11.9. The van der Waals surface area contributed by atoms with Crippen LogP contribution in [0.15, 0.2) is 12.1 Å². The molecule has 0 atom stereocenters. The molecule has 1 aromatic rings. The Morgan fingerprint density at radius 1 is 0.826 bits per heavy atom. The lowest BCUT2D eigenvalue weighted by atomic mass is 10.1. The Hall–Kier alpha value is -0.853. The predicted molar refractivity (Wildman–Crippen MR) is 88.2 cm³/mol. The Kier molecular flexibility index (Phi) is 8.87. The minimum atomic E-state index is -2.05. The third-order valence-electron chi connectivity index (χ3n) is 3.82. The number of unbranched alkanes of at least 4 members (excludes halogenated alkanes) is 3. The first kappa shape index (κ1) is 20.2. The molecule has 0 amide bonds. The maximum atomic E-state index is 13.5. The molecule has 0 N–H and O–H groups in total. The molecule has 1 aromatic carbocycles. The van der Waals surface area contributed by atoms with Crippen LogP contribution < -0.4 is 0 Å². The van der Waals surface area contributed by atoms with Gasteiger partial charge in [-0.2, -0.15) is 0 Å². The van der Waals surface area contributed by atoms with Gasteiger partial charge in [-0.1, -0.05) is 19.3 Å². The molecular weight excluding hydrogens is 321 g/mol. The molecule has 0 bridgehead atoms. The second-order valence-corrected chi connectivity index (χ2v) is 9.12. The second-order valence-electron chi connectivity index (χ2n) is 5.77. The quantitative estimate of drug-likeness (QED) is 0.305. The largest absolute Gasteiger partial charge is 0.395 e. The summed E-state index contributed by atoms with van der Waals surface area (Å²) < 4.78 is 51.0. The SMILES string of the molecule is CCO[Si](C)(CCCCCCc1cc(F)c(F)cc1F)OCC. The van der Waals surface area contributed by atoms with Crippen molar-refractivity contribution < 1.29 is 22.0 Å². The van der Waals surface area contributed by atoms with Gasteiger partial charge >= 0.3 is 8.56 Å². The molecule has 0 unspecified atom stereocenters. The van der Waals surface area contributed by atoms with E-state index in [4.69, 9.17) is 8.85 Å². The molecule has 132 valence electrons. The van der Waals surface area contributed by atoms with Gasteiger partial charge in [-0.3, -0.25) is 0 Å². The molecule has 0 radical (unpaired) electrons. The Labute approximate surface area is 138 Å². The van der Waals surface area contributed by atoms with Gasteiger partial charge in [0.1, 0.15) is 5.82 Å². The third kappa shape index (κ3) is 7.06. The smallest absolute Gasteiger partial charge is 0.334 e. The molecule has 0 spiro atoms. The summed E-state index contributed by atoms with van der Waals surface area (Å²) >= 11 is 0. The highest BCUT2D eigenvalue weighted by Crippen LogP contribution is 2.20. The summed E-state index contributed by atoms with van der Waals surface area (Å²) in [7, 11) is -2.05. The fourth-order valence-electron chi connectivity index (χ4n) is 2.67. The van der Waals surface area contributed by atoms with E-state index in [9.17, 15) is 13.2 Å².